The molecule has 0 bridgehead atoms. The predicted molar refractivity (Wildman–Crippen MR) is 86.5 cm³/mol. The van der Waals surface area contributed by atoms with Crippen molar-refractivity contribution < 1.29 is 18.7 Å². The van der Waals surface area contributed by atoms with Crippen molar-refractivity contribution in [1.82, 2.24) is 4.57 Å². The fourth-order valence-corrected chi connectivity index (χ4v) is 3.06. The van der Waals surface area contributed by atoms with E-state index in [4.69, 9.17) is 11.6 Å². The van der Waals surface area contributed by atoms with Crippen LogP contribution in [-0.4, -0.2) is 15.6 Å². The molecule has 1 N–H and O–H groups in total. The van der Waals surface area contributed by atoms with Gasteiger partial charge in [-0.05, 0) is 30.3 Å². The zero-order valence-electron chi connectivity index (χ0n) is 12.3. The summed E-state index contributed by atoms with van der Waals surface area (Å²) in [4.78, 5) is 24.2. The summed E-state index contributed by atoms with van der Waals surface area (Å²) in [5.41, 5.74) is -1.78. The molecule has 0 radical (unpaired) electrons. The van der Waals surface area contributed by atoms with Gasteiger partial charge in [0.15, 0.2) is 0 Å². The van der Waals surface area contributed by atoms with Crippen LogP contribution in [0.25, 0.3) is 22.2 Å². The molecule has 0 atom stereocenters. The van der Waals surface area contributed by atoms with Gasteiger partial charge in [-0.25, -0.2) is 13.6 Å². The van der Waals surface area contributed by atoms with Crippen LogP contribution >= 0.6 is 11.6 Å². The molecule has 0 saturated carbocycles. The first-order chi connectivity index (χ1) is 11.3. The smallest absolute Gasteiger partial charge is 0.341 e. The molecule has 0 aliphatic heterocycles. The summed E-state index contributed by atoms with van der Waals surface area (Å²) in [5.74, 6) is -3.13. The molecule has 4 nitrogen and oxygen atoms in total. The zero-order chi connectivity index (χ0) is 17.6. The van der Waals surface area contributed by atoms with E-state index >= 15 is 0 Å². The first kappa shape index (κ1) is 16.1. The lowest BCUT2D eigenvalue weighted by Gasteiger charge is -2.17. The number of rotatable bonds is 2. The molecule has 7 heteroatoms. The van der Waals surface area contributed by atoms with E-state index < -0.39 is 28.6 Å². The van der Waals surface area contributed by atoms with Crippen molar-refractivity contribution in [1.29, 1.82) is 0 Å². The molecule has 0 fully saturated rings. The number of fused-ring (bicyclic) bond motifs is 1. The maximum atomic E-state index is 14.2. The Labute approximate surface area is 139 Å². The van der Waals surface area contributed by atoms with Crippen molar-refractivity contribution in [3.63, 3.8) is 0 Å². The van der Waals surface area contributed by atoms with E-state index in [-0.39, 0.29) is 27.2 Å². The van der Waals surface area contributed by atoms with Gasteiger partial charge in [0.25, 0.3) is 0 Å². The number of para-hydroxylation sites is 1. The second kappa shape index (κ2) is 5.72. The van der Waals surface area contributed by atoms with Crippen LogP contribution in [0.5, 0.6) is 0 Å². The normalized spacial score (nSPS) is 11.0. The van der Waals surface area contributed by atoms with Crippen molar-refractivity contribution in [3.05, 3.63) is 68.8 Å². The summed E-state index contributed by atoms with van der Waals surface area (Å²) in [6.07, 6.45) is 0. The molecule has 1 heterocycles. The molecule has 0 aliphatic carbocycles. The summed E-state index contributed by atoms with van der Waals surface area (Å²) >= 11 is 6.12. The minimum Gasteiger partial charge on any atom is -0.477 e. The van der Waals surface area contributed by atoms with Gasteiger partial charge >= 0.3 is 5.97 Å². The van der Waals surface area contributed by atoms with Crippen LogP contribution in [0.4, 0.5) is 8.78 Å². The highest BCUT2D eigenvalue weighted by molar-refractivity contribution is 6.35. The monoisotopic (exact) mass is 349 g/mol. The Kier molecular flexibility index (Phi) is 3.85. The Bertz CT molecular complexity index is 1060. The third-order valence-corrected chi connectivity index (χ3v) is 4.07. The molecule has 3 rings (SSSR count). The Morgan fingerprint density at radius 2 is 1.92 bits per heavy atom. The molecular formula is C17H10ClF2NO3. The van der Waals surface area contributed by atoms with E-state index in [9.17, 15) is 23.5 Å². The number of carboxylic acids is 1. The lowest BCUT2D eigenvalue weighted by molar-refractivity contribution is 0.0696. The van der Waals surface area contributed by atoms with Crippen LogP contribution < -0.4 is 5.43 Å². The van der Waals surface area contributed by atoms with Gasteiger partial charge in [0.1, 0.15) is 17.2 Å². The van der Waals surface area contributed by atoms with Crippen LogP contribution in [0, 0.1) is 11.6 Å². The van der Waals surface area contributed by atoms with Crippen molar-refractivity contribution in [3.8, 4) is 11.3 Å². The molecule has 0 saturated heterocycles. The third kappa shape index (κ3) is 2.35. The van der Waals surface area contributed by atoms with Crippen LogP contribution in [0.2, 0.25) is 5.02 Å². The Hall–Kier alpha value is -2.73. The second-order valence-electron chi connectivity index (χ2n) is 5.18. The zero-order valence-corrected chi connectivity index (χ0v) is 13.1. The van der Waals surface area contributed by atoms with E-state index in [2.05, 4.69) is 0 Å². The minimum absolute atomic E-state index is 0.0861. The van der Waals surface area contributed by atoms with E-state index in [0.29, 0.717) is 0 Å². The number of benzene rings is 2. The van der Waals surface area contributed by atoms with E-state index in [1.807, 2.05) is 0 Å². The first-order valence-corrected chi connectivity index (χ1v) is 7.20. The van der Waals surface area contributed by atoms with Gasteiger partial charge in [-0.3, -0.25) is 4.79 Å². The Morgan fingerprint density at radius 1 is 1.21 bits per heavy atom. The van der Waals surface area contributed by atoms with Crippen LogP contribution in [0.3, 0.4) is 0 Å². The van der Waals surface area contributed by atoms with Crippen molar-refractivity contribution in [2.75, 3.05) is 0 Å². The van der Waals surface area contributed by atoms with Crippen molar-refractivity contribution in [2.45, 2.75) is 0 Å². The lowest BCUT2D eigenvalue weighted by atomic mass is 10.0. The molecule has 2 aromatic carbocycles. The maximum absolute atomic E-state index is 14.2. The topological polar surface area (TPSA) is 59.3 Å². The quantitative estimate of drug-likeness (QED) is 0.764. The van der Waals surface area contributed by atoms with Crippen molar-refractivity contribution >= 4 is 28.5 Å². The first-order valence-electron chi connectivity index (χ1n) is 6.83. The maximum Gasteiger partial charge on any atom is 0.341 e. The Morgan fingerprint density at radius 3 is 2.58 bits per heavy atom. The highest BCUT2D eigenvalue weighted by Gasteiger charge is 2.25. The summed E-state index contributed by atoms with van der Waals surface area (Å²) in [5, 5.41) is 9.74. The minimum atomic E-state index is -1.53. The molecule has 0 spiro atoms. The molecule has 3 aromatic rings. The fraction of sp³-hybridized carbons (Fsp3) is 0.0588. The molecule has 122 valence electrons. The molecule has 0 amide bonds. The average molecular weight is 350 g/mol. The lowest BCUT2D eigenvalue weighted by Crippen LogP contribution is -2.21. The third-order valence-electron chi connectivity index (χ3n) is 3.76. The second-order valence-corrected chi connectivity index (χ2v) is 5.58. The number of nitrogens with zero attached hydrogens (tertiary/aromatic N) is 1. The highest BCUT2D eigenvalue weighted by Crippen LogP contribution is 2.31. The summed E-state index contributed by atoms with van der Waals surface area (Å²) in [7, 11) is 1.44. The summed E-state index contributed by atoms with van der Waals surface area (Å²) < 4.78 is 29.1. The number of hydrogen-bond acceptors (Lipinski definition) is 2. The van der Waals surface area contributed by atoms with Gasteiger partial charge in [0.2, 0.25) is 5.43 Å². The molecule has 1 aromatic heterocycles. The van der Waals surface area contributed by atoms with Gasteiger partial charge in [-0.1, -0.05) is 17.7 Å². The molecular weight excluding hydrogens is 340 g/mol. The van der Waals surface area contributed by atoms with Gasteiger partial charge in [-0.2, -0.15) is 0 Å². The van der Waals surface area contributed by atoms with Gasteiger partial charge in [0.05, 0.1) is 16.2 Å². The number of carbonyl (C=O) groups is 1. The van der Waals surface area contributed by atoms with Crippen LogP contribution in [0.15, 0.2) is 41.2 Å². The number of aryl methyl sites for hydroxylation is 1. The molecule has 24 heavy (non-hydrogen) atoms. The number of hydrogen-bond donors (Lipinski definition) is 1. The van der Waals surface area contributed by atoms with Crippen molar-refractivity contribution in [2.24, 2.45) is 7.05 Å². The summed E-state index contributed by atoms with van der Waals surface area (Å²) in [6.45, 7) is 0. The molecule has 0 aliphatic rings. The number of aromatic nitrogens is 1. The summed E-state index contributed by atoms with van der Waals surface area (Å²) in [6, 6.07) is 7.10. The largest absolute Gasteiger partial charge is 0.477 e. The standard InChI is InChI=1S/C17H10ClF2NO3/c1-21-14-9(3-2-4-11(14)18)16(22)13(17(23)24)15(21)10-7-8(19)5-6-12(10)20/h2-7H,1H3,(H,23,24). The van der Waals surface area contributed by atoms with E-state index in [0.717, 1.165) is 18.2 Å². The van der Waals surface area contributed by atoms with Gasteiger partial charge in [-0.15, -0.1) is 0 Å². The van der Waals surface area contributed by atoms with E-state index in [1.165, 1.54) is 29.8 Å². The number of aromatic carboxylic acids is 1. The fourth-order valence-electron chi connectivity index (χ4n) is 2.75. The number of pyridine rings is 1. The van der Waals surface area contributed by atoms with Crippen LogP contribution in [0.1, 0.15) is 10.4 Å². The number of carboxylic acid groups (broad SMARTS) is 1. The van der Waals surface area contributed by atoms with Gasteiger partial charge in [0, 0.05) is 18.0 Å². The molecule has 0 unspecified atom stereocenters. The van der Waals surface area contributed by atoms with Crippen LogP contribution in [-0.2, 0) is 7.05 Å². The van der Waals surface area contributed by atoms with Gasteiger partial charge < -0.3 is 9.67 Å². The average Bonchev–Trinajstić information content (AvgIpc) is 2.52. The Balaban J connectivity index is 2.60. The predicted octanol–water partition coefficient (Wildman–Crippen LogP) is 3.84. The highest BCUT2D eigenvalue weighted by atomic mass is 35.5. The van der Waals surface area contributed by atoms with E-state index in [1.54, 1.807) is 0 Å². The number of halogens is 3. The SMILES string of the molecule is Cn1c(-c2cc(F)ccc2F)c(C(=O)O)c(=O)c2cccc(Cl)c21.